The molecule has 25 heavy (non-hydrogen) atoms. The molecule has 6 nitrogen and oxygen atoms in total. The van der Waals surface area contributed by atoms with Crippen LogP contribution in [0.4, 0.5) is 0 Å². The van der Waals surface area contributed by atoms with Gasteiger partial charge < -0.3 is 20.3 Å². The van der Waals surface area contributed by atoms with Gasteiger partial charge in [0.1, 0.15) is 5.75 Å². The molecule has 0 saturated heterocycles. The number of carbonyl (C=O) groups is 1. The lowest BCUT2D eigenvalue weighted by Crippen LogP contribution is -2.33. The summed E-state index contributed by atoms with van der Waals surface area (Å²) in [7, 11) is 0. The maximum atomic E-state index is 12.3. The van der Waals surface area contributed by atoms with Crippen LogP contribution in [0.5, 0.6) is 5.75 Å². The molecule has 0 saturated carbocycles. The average Bonchev–Trinajstić information content (AvgIpc) is 2.59. The Morgan fingerprint density at radius 1 is 1.12 bits per heavy atom. The van der Waals surface area contributed by atoms with Crippen molar-refractivity contribution in [2.75, 3.05) is 46.0 Å². The number of para-hydroxylation sites is 1. The summed E-state index contributed by atoms with van der Waals surface area (Å²) in [6.45, 7) is 5.15. The van der Waals surface area contributed by atoms with Crippen LogP contribution in [0.25, 0.3) is 0 Å². The van der Waals surface area contributed by atoms with Crippen LogP contribution in [0, 0.1) is 0 Å². The van der Waals surface area contributed by atoms with E-state index in [1.165, 1.54) is 0 Å². The van der Waals surface area contributed by atoms with E-state index in [0.29, 0.717) is 37.6 Å². The van der Waals surface area contributed by atoms with E-state index in [9.17, 15) is 4.79 Å². The molecule has 0 aliphatic carbocycles. The number of hydrogen-bond acceptors (Lipinski definition) is 5. The lowest BCUT2D eigenvalue weighted by Gasteiger charge is -2.20. The quantitative estimate of drug-likeness (QED) is 0.458. The molecule has 0 aromatic heterocycles. The number of halogens is 1. The molecule has 1 rings (SSSR count). The van der Waals surface area contributed by atoms with E-state index < -0.39 is 0 Å². The smallest absolute Gasteiger partial charge is 0.255 e. The zero-order valence-corrected chi connectivity index (χ0v) is 15.8. The fraction of sp³-hybridized carbons (Fsp3) is 0.611. The van der Waals surface area contributed by atoms with Crippen molar-refractivity contribution in [3.8, 4) is 5.75 Å². The molecule has 0 bridgehead atoms. The summed E-state index contributed by atoms with van der Waals surface area (Å²) in [6, 6.07) is 7.26. The molecule has 0 aliphatic rings. The molecule has 1 amide bonds. The van der Waals surface area contributed by atoms with Crippen LogP contribution in [-0.2, 0) is 0 Å². The predicted octanol–water partition coefficient (Wildman–Crippen LogP) is 1.69. The Hall–Kier alpha value is -1.34. The van der Waals surface area contributed by atoms with E-state index in [4.69, 9.17) is 14.9 Å². The monoisotopic (exact) mass is 374 g/mol. The van der Waals surface area contributed by atoms with Gasteiger partial charge in [0.05, 0.1) is 25.4 Å². The van der Waals surface area contributed by atoms with Crippen LogP contribution in [0.3, 0.4) is 0 Å². The third kappa shape index (κ3) is 9.65. The molecule has 0 fully saturated rings. The number of benzene rings is 1. The van der Waals surface area contributed by atoms with Crippen molar-refractivity contribution in [2.45, 2.75) is 26.2 Å². The van der Waals surface area contributed by atoms with Crippen LogP contribution in [0.2, 0.25) is 0 Å². The van der Waals surface area contributed by atoms with Crippen molar-refractivity contribution in [2.24, 2.45) is 0 Å². The summed E-state index contributed by atoms with van der Waals surface area (Å²) < 4.78 is 5.68. The van der Waals surface area contributed by atoms with Crippen LogP contribution >= 0.6 is 12.4 Å². The number of ether oxygens (including phenoxy) is 1. The maximum Gasteiger partial charge on any atom is 0.255 e. The SMILES string of the molecule is CCCCOc1ccccc1C(=O)NCCCN(CCO)CCO.Cl. The summed E-state index contributed by atoms with van der Waals surface area (Å²) in [5.74, 6) is 0.476. The van der Waals surface area contributed by atoms with Crippen molar-refractivity contribution in [3.63, 3.8) is 0 Å². The van der Waals surface area contributed by atoms with E-state index in [2.05, 4.69) is 12.2 Å². The second kappa shape index (κ2) is 15.0. The number of hydrogen-bond donors (Lipinski definition) is 3. The van der Waals surface area contributed by atoms with Crippen molar-refractivity contribution >= 4 is 18.3 Å². The fourth-order valence-electron chi connectivity index (χ4n) is 2.32. The zero-order valence-electron chi connectivity index (χ0n) is 14.9. The summed E-state index contributed by atoms with van der Waals surface area (Å²) in [5.41, 5.74) is 0.552. The van der Waals surface area contributed by atoms with Gasteiger partial charge in [0.15, 0.2) is 0 Å². The van der Waals surface area contributed by atoms with E-state index in [1.54, 1.807) is 6.07 Å². The van der Waals surface area contributed by atoms with Crippen molar-refractivity contribution < 1.29 is 19.7 Å². The van der Waals surface area contributed by atoms with Crippen molar-refractivity contribution in [3.05, 3.63) is 29.8 Å². The Kier molecular flexibility index (Phi) is 14.2. The standard InChI is InChI=1S/C18H30N2O4.ClH/c1-2-3-15-24-17-8-5-4-7-16(17)18(23)19-9-6-10-20(11-13-21)12-14-22;/h4-5,7-8,21-22H,2-3,6,9-15H2,1H3,(H,19,23);1H. The maximum absolute atomic E-state index is 12.3. The molecule has 144 valence electrons. The minimum absolute atomic E-state index is 0. The largest absolute Gasteiger partial charge is 0.493 e. The number of carbonyl (C=O) groups excluding carboxylic acids is 1. The molecule has 0 unspecified atom stereocenters. The van der Waals surface area contributed by atoms with Gasteiger partial charge in [0, 0.05) is 19.6 Å². The molecule has 0 atom stereocenters. The molecular weight excluding hydrogens is 344 g/mol. The first-order valence-corrected chi connectivity index (χ1v) is 8.67. The number of nitrogens with zero attached hydrogens (tertiary/aromatic N) is 1. The minimum atomic E-state index is -0.141. The van der Waals surface area contributed by atoms with Gasteiger partial charge >= 0.3 is 0 Å². The molecule has 7 heteroatoms. The van der Waals surface area contributed by atoms with Gasteiger partial charge in [-0.25, -0.2) is 0 Å². The summed E-state index contributed by atoms with van der Waals surface area (Å²) >= 11 is 0. The highest BCUT2D eigenvalue weighted by atomic mass is 35.5. The third-order valence-electron chi connectivity index (χ3n) is 3.66. The Labute approximate surface area is 156 Å². The van der Waals surface area contributed by atoms with Gasteiger partial charge in [-0.1, -0.05) is 25.5 Å². The molecular formula is C18H31ClN2O4. The van der Waals surface area contributed by atoms with Crippen molar-refractivity contribution in [1.29, 1.82) is 0 Å². The van der Waals surface area contributed by atoms with E-state index in [1.807, 2.05) is 23.1 Å². The van der Waals surface area contributed by atoms with Gasteiger partial charge in [0.25, 0.3) is 5.91 Å². The Morgan fingerprint density at radius 3 is 2.44 bits per heavy atom. The minimum Gasteiger partial charge on any atom is -0.493 e. The third-order valence-corrected chi connectivity index (χ3v) is 3.66. The zero-order chi connectivity index (χ0) is 17.6. The van der Waals surface area contributed by atoms with Crippen LogP contribution in [0.15, 0.2) is 24.3 Å². The topological polar surface area (TPSA) is 82.0 Å². The molecule has 0 radical (unpaired) electrons. The van der Waals surface area contributed by atoms with Crippen LogP contribution in [0.1, 0.15) is 36.5 Å². The summed E-state index contributed by atoms with van der Waals surface area (Å²) in [5, 5.41) is 20.8. The van der Waals surface area contributed by atoms with Gasteiger partial charge in [-0.15, -0.1) is 12.4 Å². The first-order valence-electron chi connectivity index (χ1n) is 8.67. The number of unbranched alkanes of at least 4 members (excludes halogenated alkanes) is 1. The van der Waals surface area contributed by atoms with E-state index in [-0.39, 0.29) is 31.5 Å². The van der Waals surface area contributed by atoms with Crippen LogP contribution in [-0.4, -0.2) is 67.0 Å². The summed E-state index contributed by atoms with van der Waals surface area (Å²) in [6.07, 6.45) is 2.76. The number of rotatable bonds is 13. The lowest BCUT2D eigenvalue weighted by molar-refractivity contribution is 0.0945. The molecule has 0 aliphatic heterocycles. The normalized spacial score (nSPS) is 10.4. The van der Waals surface area contributed by atoms with Gasteiger partial charge in [0.2, 0.25) is 0 Å². The average molecular weight is 375 g/mol. The van der Waals surface area contributed by atoms with Gasteiger partial charge in [-0.2, -0.15) is 0 Å². The highest BCUT2D eigenvalue weighted by Crippen LogP contribution is 2.18. The number of aliphatic hydroxyl groups excluding tert-OH is 2. The number of nitrogens with one attached hydrogen (secondary N) is 1. The predicted molar refractivity (Wildman–Crippen MR) is 102 cm³/mol. The number of amides is 1. The Morgan fingerprint density at radius 2 is 1.80 bits per heavy atom. The molecule has 0 spiro atoms. The first-order chi connectivity index (χ1) is 11.7. The fourth-order valence-corrected chi connectivity index (χ4v) is 2.32. The highest BCUT2D eigenvalue weighted by molar-refractivity contribution is 5.96. The number of aliphatic hydroxyl groups is 2. The van der Waals surface area contributed by atoms with E-state index >= 15 is 0 Å². The van der Waals surface area contributed by atoms with Crippen molar-refractivity contribution in [1.82, 2.24) is 10.2 Å². The van der Waals surface area contributed by atoms with Gasteiger partial charge in [-0.05, 0) is 31.5 Å². The Balaban J connectivity index is 0.00000576. The highest BCUT2D eigenvalue weighted by Gasteiger charge is 2.11. The van der Waals surface area contributed by atoms with Gasteiger partial charge in [-0.3, -0.25) is 9.69 Å². The molecule has 0 heterocycles. The Bertz CT molecular complexity index is 468. The van der Waals surface area contributed by atoms with Crippen LogP contribution < -0.4 is 10.1 Å². The molecule has 3 N–H and O–H groups in total. The molecule has 1 aromatic rings. The first kappa shape index (κ1) is 23.7. The molecule has 1 aromatic carbocycles. The second-order valence-corrected chi connectivity index (χ2v) is 5.60. The van der Waals surface area contributed by atoms with E-state index in [0.717, 1.165) is 25.8 Å². The lowest BCUT2D eigenvalue weighted by atomic mass is 10.2. The second-order valence-electron chi connectivity index (χ2n) is 5.60. The summed E-state index contributed by atoms with van der Waals surface area (Å²) in [4.78, 5) is 14.3.